The van der Waals surface area contributed by atoms with Gasteiger partial charge in [-0.25, -0.2) is 17.5 Å². The minimum atomic E-state index is -3.63. The Morgan fingerprint density at radius 1 is 1.33 bits per heavy atom. The van der Waals surface area contributed by atoms with Gasteiger partial charge in [0.2, 0.25) is 10.0 Å². The fraction of sp³-hybridized carbons (Fsp3) is 0.500. The summed E-state index contributed by atoms with van der Waals surface area (Å²) in [5.41, 5.74) is 0. The summed E-state index contributed by atoms with van der Waals surface area (Å²) in [5, 5.41) is 0. The van der Waals surface area contributed by atoms with Gasteiger partial charge in [-0.3, -0.25) is 0 Å². The fourth-order valence-electron chi connectivity index (χ4n) is 1.48. The molecule has 18 heavy (non-hydrogen) atoms. The van der Waals surface area contributed by atoms with Crippen molar-refractivity contribution >= 4 is 10.0 Å². The van der Waals surface area contributed by atoms with E-state index < -0.39 is 15.8 Å². The van der Waals surface area contributed by atoms with Crippen molar-refractivity contribution in [1.82, 2.24) is 4.72 Å². The number of sulfonamides is 1. The first-order valence-corrected chi connectivity index (χ1v) is 7.32. The van der Waals surface area contributed by atoms with Gasteiger partial charge in [-0.2, -0.15) is 0 Å². The van der Waals surface area contributed by atoms with Crippen molar-refractivity contribution in [2.75, 3.05) is 13.7 Å². The van der Waals surface area contributed by atoms with Crippen LogP contribution in [-0.2, 0) is 10.0 Å². The molecule has 0 atom stereocenters. The average molecular weight is 275 g/mol. The molecule has 0 amide bonds. The number of ether oxygens (including phenoxy) is 1. The number of methoxy groups -OCH3 is 1. The van der Waals surface area contributed by atoms with E-state index >= 15 is 0 Å². The Morgan fingerprint density at radius 2 is 2.06 bits per heavy atom. The van der Waals surface area contributed by atoms with Gasteiger partial charge in [0.25, 0.3) is 0 Å². The van der Waals surface area contributed by atoms with Crippen LogP contribution < -0.4 is 9.46 Å². The molecule has 0 aliphatic carbocycles. The van der Waals surface area contributed by atoms with E-state index in [0.29, 0.717) is 6.54 Å². The summed E-state index contributed by atoms with van der Waals surface area (Å²) in [7, 11) is -2.30. The van der Waals surface area contributed by atoms with Crippen LogP contribution in [-0.4, -0.2) is 22.1 Å². The molecule has 0 heterocycles. The zero-order chi connectivity index (χ0) is 13.6. The lowest BCUT2D eigenvalue weighted by Gasteiger charge is -2.08. The predicted molar refractivity (Wildman–Crippen MR) is 67.7 cm³/mol. The maximum atomic E-state index is 13.4. The van der Waals surface area contributed by atoms with Crippen molar-refractivity contribution in [3.05, 3.63) is 24.0 Å². The molecule has 1 aromatic carbocycles. The van der Waals surface area contributed by atoms with Crippen molar-refractivity contribution in [3.8, 4) is 5.75 Å². The molecular formula is C12H18FNO3S. The van der Waals surface area contributed by atoms with E-state index in [2.05, 4.69) is 4.72 Å². The lowest BCUT2D eigenvalue weighted by Crippen LogP contribution is -2.24. The third-order valence-corrected chi connectivity index (χ3v) is 3.96. The molecule has 0 saturated carbocycles. The standard InChI is InChI=1S/C12H18FNO3S/c1-3-4-5-8-14-18(15,16)10-6-7-12(17-2)11(13)9-10/h6-7,9,14H,3-5,8H2,1-2H3. The van der Waals surface area contributed by atoms with Crippen LogP contribution in [0.15, 0.2) is 23.1 Å². The van der Waals surface area contributed by atoms with Crippen molar-refractivity contribution in [2.24, 2.45) is 0 Å². The van der Waals surface area contributed by atoms with Crippen molar-refractivity contribution in [3.63, 3.8) is 0 Å². The molecule has 0 fully saturated rings. The second-order valence-corrected chi connectivity index (χ2v) is 5.67. The molecule has 0 unspecified atom stereocenters. The maximum Gasteiger partial charge on any atom is 0.240 e. The smallest absolute Gasteiger partial charge is 0.240 e. The van der Waals surface area contributed by atoms with Gasteiger partial charge >= 0.3 is 0 Å². The maximum absolute atomic E-state index is 13.4. The van der Waals surface area contributed by atoms with Crippen molar-refractivity contribution in [2.45, 2.75) is 31.1 Å². The molecule has 0 saturated heterocycles. The molecule has 0 bridgehead atoms. The van der Waals surface area contributed by atoms with Gasteiger partial charge in [-0.05, 0) is 24.6 Å². The highest BCUT2D eigenvalue weighted by atomic mass is 32.2. The van der Waals surface area contributed by atoms with E-state index in [0.717, 1.165) is 25.3 Å². The third-order valence-electron chi connectivity index (χ3n) is 2.51. The quantitative estimate of drug-likeness (QED) is 0.777. The molecule has 1 N–H and O–H groups in total. The lowest BCUT2D eigenvalue weighted by molar-refractivity contribution is 0.385. The molecule has 0 aliphatic rings. The van der Waals surface area contributed by atoms with Crippen LogP contribution in [0.4, 0.5) is 4.39 Å². The summed E-state index contributed by atoms with van der Waals surface area (Å²) >= 11 is 0. The van der Waals surface area contributed by atoms with E-state index in [4.69, 9.17) is 4.74 Å². The summed E-state index contributed by atoms with van der Waals surface area (Å²) < 4.78 is 44.2. The first-order chi connectivity index (χ1) is 8.51. The highest BCUT2D eigenvalue weighted by Gasteiger charge is 2.15. The van der Waals surface area contributed by atoms with Gasteiger partial charge in [-0.15, -0.1) is 0 Å². The van der Waals surface area contributed by atoms with E-state index in [-0.39, 0.29) is 10.6 Å². The zero-order valence-corrected chi connectivity index (χ0v) is 11.4. The Morgan fingerprint density at radius 3 is 2.61 bits per heavy atom. The highest BCUT2D eigenvalue weighted by molar-refractivity contribution is 7.89. The third kappa shape index (κ3) is 3.96. The van der Waals surface area contributed by atoms with Crippen molar-refractivity contribution < 1.29 is 17.5 Å². The zero-order valence-electron chi connectivity index (χ0n) is 10.6. The van der Waals surface area contributed by atoms with Gasteiger partial charge in [0.05, 0.1) is 12.0 Å². The number of hydrogen-bond acceptors (Lipinski definition) is 3. The van der Waals surface area contributed by atoms with E-state index in [1.807, 2.05) is 6.92 Å². The van der Waals surface area contributed by atoms with Gasteiger partial charge in [0.1, 0.15) is 0 Å². The summed E-state index contributed by atoms with van der Waals surface area (Å²) in [6, 6.07) is 3.58. The van der Waals surface area contributed by atoms with Crippen LogP contribution in [0.1, 0.15) is 26.2 Å². The Balaban J connectivity index is 2.76. The Bertz CT molecular complexity index is 488. The van der Waals surface area contributed by atoms with E-state index in [1.165, 1.54) is 19.2 Å². The predicted octanol–water partition coefficient (Wildman–Crippen LogP) is 2.30. The number of halogens is 1. The molecule has 0 spiro atoms. The SMILES string of the molecule is CCCCCNS(=O)(=O)c1ccc(OC)c(F)c1. The monoisotopic (exact) mass is 275 g/mol. The number of unbranched alkanes of at least 4 members (excludes halogenated alkanes) is 2. The minimum absolute atomic E-state index is 0.0277. The van der Waals surface area contributed by atoms with Gasteiger partial charge < -0.3 is 4.74 Å². The van der Waals surface area contributed by atoms with Gasteiger partial charge in [0.15, 0.2) is 11.6 Å². The molecule has 0 aliphatic heterocycles. The van der Waals surface area contributed by atoms with Crippen LogP contribution in [0, 0.1) is 5.82 Å². The average Bonchev–Trinajstić information content (AvgIpc) is 2.34. The Kier molecular flexibility index (Phi) is 5.55. The van der Waals surface area contributed by atoms with Crippen LogP contribution >= 0.6 is 0 Å². The summed E-state index contributed by atoms with van der Waals surface area (Å²) in [6.07, 6.45) is 2.74. The lowest BCUT2D eigenvalue weighted by atomic mass is 10.3. The molecule has 4 nitrogen and oxygen atoms in total. The van der Waals surface area contributed by atoms with Crippen LogP contribution in [0.5, 0.6) is 5.75 Å². The number of benzene rings is 1. The number of rotatable bonds is 7. The second kappa shape index (κ2) is 6.70. The Hall–Kier alpha value is -1.14. The van der Waals surface area contributed by atoms with E-state index in [1.54, 1.807) is 0 Å². The van der Waals surface area contributed by atoms with Crippen molar-refractivity contribution in [1.29, 1.82) is 0 Å². The normalized spacial score (nSPS) is 11.5. The second-order valence-electron chi connectivity index (χ2n) is 3.90. The molecule has 0 aromatic heterocycles. The van der Waals surface area contributed by atoms with Gasteiger partial charge in [0, 0.05) is 6.54 Å². The number of nitrogens with one attached hydrogen (secondary N) is 1. The van der Waals surface area contributed by atoms with Crippen LogP contribution in [0.3, 0.4) is 0 Å². The fourth-order valence-corrected chi connectivity index (χ4v) is 2.56. The molecular weight excluding hydrogens is 257 g/mol. The molecule has 1 rings (SSSR count). The molecule has 0 radical (unpaired) electrons. The largest absolute Gasteiger partial charge is 0.494 e. The molecule has 6 heteroatoms. The molecule has 102 valence electrons. The van der Waals surface area contributed by atoms with Crippen LogP contribution in [0.2, 0.25) is 0 Å². The molecule has 1 aromatic rings. The first-order valence-electron chi connectivity index (χ1n) is 5.84. The topological polar surface area (TPSA) is 55.4 Å². The van der Waals surface area contributed by atoms with Crippen LogP contribution in [0.25, 0.3) is 0 Å². The summed E-state index contributed by atoms with van der Waals surface area (Å²) in [5.74, 6) is -0.658. The minimum Gasteiger partial charge on any atom is -0.494 e. The summed E-state index contributed by atoms with van der Waals surface area (Å²) in [4.78, 5) is -0.0858. The summed E-state index contributed by atoms with van der Waals surface area (Å²) in [6.45, 7) is 2.40. The first kappa shape index (κ1) is 14.9. The number of hydrogen-bond donors (Lipinski definition) is 1. The van der Waals surface area contributed by atoms with E-state index in [9.17, 15) is 12.8 Å². The Labute approximate surface area is 107 Å². The van der Waals surface area contributed by atoms with Gasteiger partial charge in [-0.1, -0.05) is 19.8 Å². The highest BCUT2D eigenvalue weighted by Crippen LogP contribution is 2.20.